The molecule has 0 unspecified atom stereocenters. The molecule has 0 saturated heterocycles. The molecular weight excluding hydrogens is 144 g/mol. The molecule has 0 aliphatic heterocycles. The minimum atomic E-state index is 0. The average molecular weight is 162 g/mol. The van der Waals surface area contributed by atoms with E-state index in [1.165, 1.54) is 12.8 Å². The summed E-state index contributed by atoms with van der Waals surface area (Å²) < 4.78 is 5.57. The Morgan fingerprint density at radius 2 is 1.70 bits per heavy atom. The molecule has 1 atom stereocenters. The summed E-state index contributed by atoms with van der Waals surface area (Å²) in [5.41, 5.74) is 0. The lowest BCUT2D eigenvalue weighted by molar-refractivity contribution is 0.00660. The van der Waals surface area contributed by atoms with E-state index in [1.54, 1.807) is 0 Å². The molecule has 0 N–H and O–H groups in total. The molecule has 10 heavy (non-hydrogen) atoms. The second kappa shape index (κ2) is 4.24. The van der Waals surface area contributed by atoms with E-state index in [0.717, 1.165) is 5.92 Å². The lowest BCUT2D eigenvalue weighted by Gasteiger charge is -2.14. The van der Waals surface area contributed by atoms with Crippen molar-refractivity contribution in [2.75, 3.05) is 0 Å². The molecule has 1 aliphatic carbocycles. The van der Waals surface area contributed by atoms with Crippen LogP contribution >= 0.6 is 13.5 Å². The molecule has 1 rings (SSSR count). The Morgan fingerprint density at radius 3 is 2.00 bits per heavy atom. The highest BCUT2D eigenvalue weighted by Crippen LogP contribution is 2.34. The van der Waals surface area contributed by atoms with E-state index in [2.05, 4.69) is 20.8 Å². The first kappa shape index (κ1) is 10.3. The smallest absolute Gasteiger partial charge is 0.0578 e. The van der Waals surface area contributed by atoms with Crippen LogP contribution in [0.25, 0.3) is 0 Å². The average Bonchev–Trinajstić information content (AvgIpc) is 2.40. The van der Waals surface area contributed by atoms with Gasteiger partial charge in [-0.05, 0) is 39.5 Å². The van der Waals surface area contributed by atoms with Crippen molar-refractivity contribution < 1.29 is 4.74 Å². The lowest BCUT2D eigenvalue weighted by Crippen LogP contribution is -2.15. The summed E-state index contributed by atoms with van der Waals surface area (Å²) in [5, 5.41) is 0. The summed E-state index contributed by atoms with van der Waals surface area (Å²) in [6.07, 6.45) is 3.67. The van der Waals surface area contributed by atoms with Crippen molar-refractivity contribution >= 4 is 13.5 Å². The van der Waals surface area contributed by atoms with Crippen LogP contribution in [0.1, 0.15) is 33.6 Å². The van der Waals surface area contributed by atoms with Gasteiger partial charge in [0.15, 0.2) is 0 Å². The van der Waals surface area contributed by atoms with Gasteiger partial charge in [-0.2, -0.15) is 13.5 Å². The van der Waals surface area contributed by atoms with Crippen LogP contribution in [0.3, 0.4) is 0 Å². The van der Waals surface area contributed by atoms with E-state index >= 15 is 0 Å². The summed E-state index contributed by atoms with van der Waals surface area (Å²) in [5.74, 6) is 0.882. The number of hydrogen-bond acceptors (Lipinski definition) is 1. The van der Waals surface area contributed by atoms with Crippen molar-refractivity contribution in [3.63, 3.8) is 0 Å². The van der Waals surface area contributed by atoms with Crippen molar-refractivity contribution in [1.29, 1.82) is 0 Å². The van der Waals surface area contributed by atoms with E-state index < -0.39 is 0 Å². The molecule has 0 aromatic heterocycles. The zero-order valence-electron chi connectivity index (χ0n) is 7.05. The van der Waals surface area contributed by atoms with E-state index in [9.17, 15) is 0 Å². The molecule has 2 heteroatoms. The van der Waals surface area contributed by atoms with Gasteiger partial charge < -0.3 is 4.74 Å². The molecule has 0 bridgehead atoms. The Balaban J connectivity index is 0.000000810. The normalized spacial score (nSPS) is 20.4. The van der Waals surface area contributed by atoms with Gasteiger partial charge in [0.2, 0.25) is 0 Å². The highest BCUT2D eigenvalue weighted by Gasteiger charge is 2.28. The van der Waals surface area contributed by atoms with Crippen LogP contribution in [0.15, 0.2) is 0 Å². The molecule has 0 heterocycles. The predicted octanol–water partition coefficient (Wildman–Crippen LogP) is 2.32. The lowest BCUT2D eigenvalue weighted by atomic mass is 10.2. The molecule has 0 spiro atoms. The van der Waals surface area contributed by atoms with Gasteiger partial charge in [-0.25, -0.2) is 0 Å². The fourth-order valence-corrected chi connectivity index (χ4v) is 1.11. The number of ether oxygens (including phenoxy) is 1. The van der Waals surface area contributed by atoms with E-state index in [1.807, 2.05) is 0 Å². The van der Waals surface area contributed by atoms with Crippen LogP contribution < -0.4 is 0 Å². The van der Waals surface area contributed by atoms with Crippen molar-refractivity contribution in [2.24, 2.45) is 5.92 Å². The summed E-state index contributed by atoms with van der Waals surface area (Å²) in [6, 6.07) is 0. The largest absolute Gasteiger partial charge is 0.376 e. The Bertz CT molecular complexity index is 89.3. The molecule has 0 aromatic rings. The van der Waals surface area contributed by atoms with E-state index in [-0.39, 0.29) is 13.5 Å². The third-order valence-corrected chi connectivity index (χ3v) is 1.77. The van der Waals surface area contributed by atoms with Crippen molar-refractivity contribution in [2.45, 2.75) is 45.8 Å². The van der Waals surface area contributed by atoms with Crippen LogP contribution in [-0.2, 0) is 4.74 Å². The molecule has 1 aliphatic rings. The predicted molar refractivity (Wildman–Crippen MR) is 48.8 cm³/mol. The van der Waals surface area contributed by atoms with Crippen LogP contribution in [0.5, 0.6) is 0 Å². The van der Waals surface area contributed by atoms with Gasteiger partial charge in [-0.1, -0.05) is 0 Å². The van der Waals surface area contributed by atoms with Crippen molar-refractivity contribution in [3.8, 4) is 0 Å². The first-order chi connectivity index (χ1) is 4.20. The quantitative estimate of drug-likeness (QED) is 0.619. The fraction of sp³-hybridized carbons (Fsp3) is 1.00. The maximum atomic E-state index is 5.57. The van der Waals surface area contributed by atoms with Gasteiger partial charge in [0.05, 0.1) is 12.2 Å². The summed E-state index contributed by atoms with van der Waals surface area (Å²) in [7, 11) is 0. The molecule has 1 fully saturated rings. The van der Waals surface area contributed by atoms with Crippen LogP contribution in [0, 0.1) is 5.92 Å². The van der Waals surface area contributed by atoms with Gasteiger partial charge >= 0.3 is 0 Å². The summed E-state index contributed by atoms with van der Waals surface area (Å²) >= 11 is 0. The first-order valence-electron chi connectivity index (χ1n) is 3.85. The molecule has 0 radical (unpaired) electrons. The van der Waals surface area contributed by atoms with Gasteiger partial charge in [0.1, 0.15) is 0 Å². The molecule has 0 amide bonds. The van der Waals surface area contributed by atoms with Gasteiger partial charge in [0, 0.05) is 0 Å². The maximum absolute atomic E-state index is 5.57. The van der Waals surface area contributed by atoms with Gasteiger partial charge in [-0.3, -0.25) is 0 Å². The highest BCUT2D eigenvalue weighted by atomic mass is 32.1. The monoisotopic (exact) mass is 162 g/mol. The first-order valence-corrected chi connectivity index (χ1v) is 3.85. The zero-order chi connectivity index (χ0) is 6.85. The molecular formula is C8H18OS. The Labute approximate surface area is 70.6 Å². The maximum Gasteiger partial charge on any atom is 0.0578 e. The van der Waals surface area contributed by atoms with Crippen LogP contribution in [0.2, 0.25) is 0 Å². The minimum absolute atomic E-state index is 0. The number of rotatable bonds is 3. The molecule has 62 valence electrons. The van der Waals surface area contributed by atoms with Gasteiger partial charge in [0.25, 0.3) is 0 Å². The minimum Gasteiger partial charge on any atom is -0.376 e. The molecule has 0 aromatic carbocycles. The standard InChI is InChI=1S/C8H16O.H2S/c1-6(2)9-7(3)8-4-5-8;/h6-8H,4-5H2,1-3H3;1H2/t7-;/m0./s1. The number of hydrogen-bond donors (Lipinski definition) is 0. The van der Waals surface area contributed by atoms with Crippen molar-refractivity contribution in [1.82, 2.24) is 0 Å². The second-order valence-corrected chi connectivity index (χ2v) is 3.23. The summed E-state index contributed by atoms with van der Waals surface area (Å²) in [4.78, 5) is 0. The Kier molecular flexibility index (Phi) is 4.37. The van der Waals surface area contributed by atoms with Crippen LogP contribution in [-0.4, -0.2) is 12.2 Å². The van der Waals surface area contributed by atoms with Gasteiger partial charge in [-0.15, -0.1) is 0 Å². The summed E-state index contributed by atoms with van der Waals surface area (Å²) in [6.45, 7) is 6.37. The Morgan fingerprint density at radius 1 is 1.20 bits per heavy atom. The van der Waals surface area contributed by atoms with Crippen LogP contribution in [0.4, 0.5) is 0 Å². The topological polar surface area (TPSA) is 9.23 Å². The molecule has 1 nitrogen and oxygen atoms in total. The van der Waals surface area contributed by atoms with E-state index in [4.69, 9.17) is 4.74 Å². The fourth-order valence-electron chi connectivity index (χ4n) is 1.11. The molecule has 1 saturated carbocycles. The highest BCUT2D eigenvalue weighted by molar-refractivity contribution is 7.59. The van der Waals surface area contributed by atoms with Crippen molar-refractivity contribution in [3.05, 3.63) is 0 Å². The Hall–Kier alpha value is 0.310. The third kappa shape index (κ3) is 3.47. The zero-order valence-corrected chi connectivity index (χ0v) is 8.05. The third-order valence-electron chi connectivity index (χ3n) is 1.77. The SMILES string of the molecule is CC(C)O[C@@H](C)C1CC1.S. The second-order valence-electron chi connectivity index (χ2n) is 3.23. The van der Waals surface area contributed by atoms with E-state index in [0.29, 0.717) is 12.2 Å².